The zero-order valence-electron chi connectivity index (χ0n) is 10.2. The van der Waals surface area contributed by atoms with Gasteiger partial charge in [-0.3, -0.25) is 0 Å². The first-order chi connectivity index (χ1) is 7.43. The van der Waals surface area contributed by atoms with Crippen molar-refractivity contribution in [3.63, 3.8) is 0 Å². The molecule has 1 aromatic rings. The van der Waals surface area contributed by atoms with E-state index >= 15 is 0 Å². The quantitative estimate of drug-likeness (QED) is 0.821. The van der Waals surface area contributed by atoms with Crippen molar-refractivity contribution >= 4 is 10.0 Å². The van der Waals surface area contributed by atoms with E-state index in [0.29, 0.717) is 11.4 Å². The third kappa shape index (κ3) is 2.45. The summed E-state index contributed by atoms with van der Waals surface area (Å²) >= 11 is 0. The molecule has 5 nitrogen and oxygen atoms in total. The molecule has 0 aliphatic carbocycles. The Balaban J connectivity index is 3.18. The minimum absolute atomic E-state index is 0.351. The molecule has 0 bridgehead atoms. The Labute approximate surface area is 97.1 Å². The lowest BCUT2D eigenvalue weighted by molar-refractivity contribution is 0.520. The van der Waals surface area contributed by atoms with Crippen LogP contribution in [0.3, 0.4) is 0 Å². The second-order valence-electron chi connectivity index (χ2n) is 3.77. The lowest BCUT2D eigenvalue weighted by atomic mass is 10.4. The largest absolute Gasteiger partial charge is 0.349 e. The minimum Gasteiger partial charge on any atom is -0.349 e. The van der Waals surface area contributed by atoms with Crippen molar-refractivity contribution in [3.05, 3.63) is 18.0 Å². The summed E-state index contributed by atoms with van der Waals surface area (Å²) in [7, 11) is 1.59. The van der Waals surface area contributed by atoms with Gasteiger partial charge in [0.25, 0.3) is 0 Å². The topological polar surface area (TPSA) is 54.3 Å². The monoisotopic (exact) mass is 245 g/mol. The number of nitrogens with one attached hydrogen (secondary N) is 1. The van der Waals surface area contributed by atoms with Crippen molar-refractivity contribution in [2.75, 3.05) is 21.1 Å². The second kappa shape index (κ2) is 4.99. The van der Waals surface area contributed by atoms with Gasteiger partial charge in [0.1, 0.15) is 4.90 Å². The third-order valence-corrected chi connectivity index (χ3v) is 4.22. The molecule has 0 saturated heterocycles. The highest BCUT2D eigenvalue weighted by molar-refractivity contribution is 7.89. The zero-order valence-corrected chi connectivity index (χ0v) is 11.0. The number of aromatic nitrogens is 1. The number of hydrogen-bond acceptors (Lipinski definition) is 3. The summed E-state index contributed by atoms with van der Waals surface area (Å²) in [6, 6.07) is 1.72. The molecule has 0 aromatic carbocycles. The van der Waals surface area contributed by atoms with E-state index in [1.54, 1.807) is 12.3 Å². The molecular formula is C10H19N3O2S. The molecule has 0 saturated carbocycles. The van der Waals surface area contributed by atoms with Gasteiger partial charge < -0.3 is 9.88 Å². The average molecular weight is 245 g/mol. The van der Waals surface area contributed by atoms with Crippen LogP contribution in [0.5, 0.6) is 0 Å². The van der Waals surface area contributed by atoms with E-state index in [1.807, 2.05) is 18.5 Å². The van der Waals surface area contributed by atoms with Crippen LogP contribution in [-0.2, 0) is 23.1 Å². The Morgan fingerprint density at radius 1 is 1.44 bits per heavy atom. The van der Waals surface area contributed by atoms with E-state index in [1.165, 1.54) is 18.4 Å². The standard InChI is InChI=1S/C10H19N3O2S/c1-5-13-8-10(6-9(13)7-11-2)16(14,15)12(3)4/h6,8,11H,5,7H2,1-4H3. The first kappa shape index (κ1) is 13.2. The first-order valence-corrected chi connectivity index (χ1v) is 6.63. The lowest BCUT2D eigenvalue weighted by Gasteiger charge is -2.08. The van der Waals surface area contributed by atoms with Crippen molar-refractivity contribution in [2.45, 2.75) is 24.9 Å². The molecule has 0 atom stereocenters. The Morgan fingerprint density at radius 3 is 2.50 bits per heavy atom. The van der Waals surface area contributed by atoms with Gasteiger partial charge in [-0.1, -0.05) is 0 Å². The molecule has 0 amide bonds. The molecule has 0 spiro atoms. The van der Waals surface area contributed by atoms with E-state index in [2.05, 4.69) is 5.32 Å². The molecule has 1 rings (SSSR count). The fourth-order valence-corrected chi connectivity index (χ4v) is 2.47. The lowest BCUT2D eigenvalue weighted by Crippen LogP contribution is -2.21. The van der Waals surface area contributed by atoms with Crippen LogP contribution >= 0.6 is 0 Å². The van der Waals surface area contributed by atoms with E-state index in [0.717, 1.165) is 12.2 Å². The van der Waals surface area contributed by atoms with Crippen LogP contribution in [0.4, 0.5) is 0 Å². The van der Waals surface area contributed by atoms with Gasteiger partial charge in [-0.05, 0) is 20.0 Å². The van der Waals surface area contributed by atoms with Gasteiger partial charge in [0.2, 0.25) is 10.0 Å². The Hall–Kier alpha value is -0.850. The molecule has 0 aliphatic heterocycles. The van der Waals surface area contributed by atoms with Crippen molar-refractivity contribution in [3.8, 4) is 0 Å². The van der Waals surface area contributed by atoms with Crippen LogP contribution in [0.1, 0.15) is 12.6 Å². The number of aryl methyl sites for hydroxylation is 1. The minimum atomic E-state index is -3.32. The third-order valence-electron chi connectivity index (χ3n) is 2.44. The maximum absolute atomic E-state index is 11.9. The van der Waals surface area contributed by atoms with Crippen LogP contribution in [-0.4, -0.2) is 38.4 Å². The Bertz CT molecular complexity index is 449. The van der Waals surface area contributed by atoms with Crippen molar-refractivity contribution in [1.29, 1.82) is 0 Å². The molecule has 0 unspecified atom stereocenters. The summed E-state index contributed by atoms with van der Waals surface area (Å²) in [5.74, 6) is 0. The average Bonchev–Trinajstić information content (AvgIpc) is 2.62. The summed E-state index contributed by atoms with van der Waals surface area (Å²) in [6.45, 7) is 3.42. The maximum atomic E-state index is 11.9. The van der Waals surface area contributed by atoms with Gasteiger partial charge in [-0.2, -0.15) is 0 Å². The zero-order chi connectivity index (χ0) is 12.3. The molecule has 1 aromatic heterocycles. The summed E-state index contributed by atoms with van der Waals surface area (Å²) in [4.78, 5) is 0.351. The molecule has 16 heavy (non-hydrogen) atoms. The van der Waals surface area contributed by atoms with Crippen LogP contribution in [0.15, 0.2) is 17.2 Å². The highest BCUT2D eigenvalue weighted by Crippen LogP contribution is 2.17. The first-order valence-electron chi connectivity index (χ1n) is 5.19. The van der Waals surface area contributed by atoms with E-state index in [-0.39, 0.29) is 0 Å². The van der Waals surface area contributed by atoms with E-state index < -0.39 is 10.0 Å². The van der Waals surface area contributed by atoms with E-state index in [4.69, 9.17) is 0 Å². The van der Waals surface area contributed by atoms with Gasteiger partial charge in [0, 0.05) is 39.1 Å². The second-order valence-corrected chi connectivity index (χ2v) is 5.92. The molecular weight excluding hydrogens is 226 g/mol. The summed E-state index contributed by atoms with van der Waals surface area (Å²) < 4.78 is 27.0. The molecule has 1 N–H and O–H groups in total. The van der Waals surface area contributed by atoms with Crippen molar-refractivity contribution in [2.24, 2.45) is 0 Å². The smallest absolute Gasteiger partial charge is 0.244 e. The SMILES string of the molecule is CCn1cc(S(=O)(=O)N(C)C)cc1CNC. The van der Waals surface area contributed by atoms with E-state index in [9.17, 15) is 8.42 Å². The van der Waals surface area contributed by atoms with Crippen LogP contribution in [0.2, 0.25) is 0 Å². The van der Waals surface area contributed by atoms with Crippen LogP contribution in [0, 0.1) is 0 Å². The van der Waals surface area contributed by atoms with Crippen molar-refractivity contribution in [1.82, 2.24) is 14.2 Å². The van der Waals surface area contributed by atoms with Gasteiger partial charge in [-0.25, -0.2) is 12.7 Å². The number of rotatable bonds is 5. The molecule has 1 heterocycles. The fraction of sp³-hybridized carbons (Fsp3) is 0.600. The van der Waals surface area contributed by atoms with Crippen LogP contribution in [0.25, 0.3) is 0 Å². The molecule has 0 aliphatic rings. The predicted molar refractivity (Wildman–Crippen MR) is 63.7 cm³/mol. The highest BCUT2D eigenvalue weighted by Gasteiger charge is 2.20. The summed E-state index contributed by atoms with van der Waals surface area (Å²) in [6.07, 6.45) is 1.68. The van der Waals surface area contributed by atoms with Gasteiger partial charge in [-0.15, -0.1) is 0 Å². The highest BCUT2D eigenvalue weighted by atomic mass is 32.2. The Morgan fingerprint density at radius 2 is 2.06 bits per heavy atom. The predicted octanol–water partition coefficient (Wildman–Crippen LogP) is 0.478. The summed E-state index contributed by atoms with van der Waals surface area (Å²) in [5, 5.41) is 3.02. The molecule has 0 radical (unpaired) electrons. The molecule has 6 heteroatoms. The van der Waals surface area contributed by atoms with Gasteiger partial charge in [0.15, 0.2) is 0 Å². The van der Waals surface area contributed by atoms with Crippen LogP contribution < -0.4 is 5.32 Å². The molecule has 92 valence electrons. The summed E-state index contributed by atoms with van der Waals surface area (Å²) in [5.41, 5.74) is 0.977. The number of sulfonamides is 1. The van der Waals surface area contributed by atoms with Crippen molar-refractivity contribution < 1.29 is 8.42 Å². The normalized spacial score (nSPS) is 12.3. The fourth-order valence-electron chi connectivity index (χ4n) is 1.50. The Kier molecular flexibility index (Phi) is 4.12. The number of hydrogen-bond donors (Lipinski definition) is 1. The number of nitrogens with zero attached hydrogens (tertiary/aromatic N) is 2. The maximum Gasteiger partial charge on any atom is 0.244 e. The molecule has 0 fully saturated rings. The van der Waals surface area contributed by atoms with Gasteiger partial charge >= 0.3 is 0 Å². The van der Waals surface area contributed by atoms with Gasteiger partial charge in [0.05, 0.1) is 0 Å².